The molecule has 2 aromatic rings. The minimum absolute atomic E-state index is 0.492. The van der Waals surface area contributed by atoms with Crippen molar-refractivity contribution in [3.63, 3.8) is 0 Å². The molecule has 0 radical (unpaired) electrons. The van der Waals surface area contributed by atoms with Gasteiger partial charge in [-0.2, -0.15) is 0 Å². The fraction of sp³-hybridized carbons (Fsp3) is 0.375. The second-order valence-electron chi connectivity index (χ2n) is 8.24. The van der Waals surface area contributed by atoms with E-state index in [-0.39, 0.29) is 0 Å². The van der Waals surface area contributed by atoms with Gasteiger partial charge in [0.25, 0.3) is 0 Å². The lowest BCUT2D eigenvalue weighted by atomic mass is 10.1. The summed E-state index contributed by atoms with van der Waals surface area (Å²) in [6, 6.07) is 15.7. The molecule has 0 saturated heterocycles. The van der Waals surface area contributed by atoms with Gasteiger partial charge in [0.2, 0.25) is 0 Å². The highest BCUT2D eigenvalue weighted by Gasteiger charge is 1.99. The van der Waals surface area contributed by atoms with Gasteiger partial charge in [0.1, 0.15) is 24.7 Å². The molecule has 214 valence electrons. The van der Waals surface area contributed by atoms with E-state index in [2.05, 4.69) is 6.58 Å². The summed E-state index contributed by atoms with van der Waals surface area (Å²) in [5.74, 6) is 2.56. The van der Waals surface area contributed by atoms with Gasteiger partial charge in [-0.3, -0.25) is 0 Å². The van der Waals surface area contributed by atoms with Crippen LogP contribution in [-0.2, 0) is 23.7 Å². The molecular weight excluding hydrogens is 496 g/mol. The zero-order valence-corrected chi connectivity index (χ0v) is 24.2. The number of ether oxygens (including phenoxy) is 7. The predicted molar refractivity (Wildman–Crippen MR) is 158 cm³/mol. The van der Waals surface area contributed by atoms with Crippen molar-refractivity contribution in [3.05, 3.63) is 96.7 Å². The molecule has 0 aliphatic carbocycles. The zero-order valence-electron chi connectivity index (χ0n) is 24.2. The Morgan fingerprint density at radius 3 is 1.31 bits per heavy atom. The first kappa shape index (κ1) is 33.3. The summed E-state index contributed by atoms with van der Waals surface area (Å²) < 4.78 is 37.2. The molecule has 0 saturated carbocycles. The fourth-order valence-corrected chi connectivity index (χ4v) is 2.98. The summed E-state index contributed by atoms with van der Waals surface area (Å²) in [5, 5.41) is 0. The van der Waals surface area contributed by atoms with Crippen LogP contribution < -0.4 is 9.47 Å². The fourth-order valence-electron chi connectivity index (χ4n) is 2.98. The molecule has 7 heteroatoms. The highest BCUT2D eigenvalue weighted by Crippen LogP contribution is 2.19. The van der Waals surface area contributed by atoms with Crippen molar-refractivity contribution in [3.8, 4) is 11.5 Å². The molecule has 0 fully saturated rings. The van der Waals surface area contributed by atoms with Crippen molar-refractivity contribution in [1.29, 1.82) is 0 Å². The maximum atomic E-state index is 5.55. The lowest BCUT2D eigenvalue weighted by Crippen LogP contribution is -2.10. The third-order valence-corrected chi connectivity index (χ3v) is 5.35. The second-order valence-corrected chi connectivity index (χ2v) is 8.24. The van der Waals surface area contributed by atoms with E-state index in [9.17, 15) is 0 Å². The molecule has 0 aliphatic heterocycles. The minimum Gasteiger partial charge on any atom is -0.501 e. The van der Waals surface area contributed by atoms with Crippen LogP contribution in [0.25, 0.3) is 11.1 Å². The number of methoxy groups -OCH3 is 3. The first-order valence-corrected chi connectivity index (χ1v) is 12.8. The van der Waals surface area contributed by atoms with E-state index in [0.717, 1.165) is 39.5 Å². The van der Waals surface area contributed by atoms with E-state index < -0.39 is 0 Å². The third-order valence-electron chi connectivity index (χ3n) is 5.35. The van der Waals surface area contributed by atoms with Crippen molar-refractivity contribution < 1.29 is 33.2 Å². The van der Waals surface area contributed by atoms with E-state index in [1.165, 1.54) is 0 Å². The summed E-state index contributed by atoms with van der Waals surface area (Å²) >= 11 is 0. The van der Waals surface area contributed by atoms with Gasteiger partial charge in [-0.15, -0.1) is 0 Å². The number of allylic oxidation sites excluding steroid dienone is 5. The summed E-state index contributed by atoms with van der Waals surface area (Å²) in [6.07, 6.45) is 7.00. The van der Waals surface area contributed by atoms with Crippen LogP contribution in [0.15, 0.2) is 85.5 Å². The van der Waals surface area contributed by atoms with Gasteiger partial charge in [0, 0.05) is 0 Å². The normalized spacial score (nSPS) is 11.7. The minimum atomic E-state index is 0.492. The molecule has 2 rings (SSSR count). The van der Waals surface area contributed by atoms with Gasteiger partial charge in [0.05, 0.1) is 66.0 Å². The lowest BCUT2D eigenvalue weighted by molar-refractivity contribution is 0.0187. The monoisotopic (exact) mass is 540 g/mol. The average Bonchev–Trinajstić information content (AvgIpc) is 2.97. The Balaban J connectivity index is 0.000000956. The van der Waals surface area contributed by atoms with Crippen molar-refractivity contribution >= 4 is 11.1 Å². The van der Waals surface area contributed by atoms with E-state index in [0.29, 0.717) is 39.6 Å². The van der Waals surface area contributed by atoms with Crippen LogP contribution in [0.4, 0.5) is 0 Å². The lowest BCUT2D eigenvalue weighted by Gasteiger charge is -2.08. The summed E-state index contributed by atoms with van der Waals surface area (Å²) in [6.45, 7) is 12.4. The molecule has 0 N–H and O–H groups in total. The smallest absolute Gasteiger partial charge is 0.118 e. The Hall–Kier alpha value is -3.68. The highest BCUT2D eigenvalue weighted by molar-refractivity contribution is 5.63. The highest BCUT2D eigenvalue weighted by atomic mass is 16.6. The molecule has 0 aromatic heterocycles. The van der Waals surface area contributed by atoms with Gasteiger partial charge in [-0.1, -0.05) is 36.9 Å². The molecule has 0 spiro atoms. The molecule has 7 nitrogen and oxygen atoms in total. The SMILES string of the molecule is C=C/C=C(\C)OC.COc1ccc(/C(C)=C/OCCOCCOCCO/C=C(\C)c2ccc(OC)cc2)cc1. The van der Waals surface area contributed by atoms with Crippen LogP contribution in [0.5, 0.6) is 11.5 Å². The maximum Gasteiger partial charge on any atom is 0.118 e. The van der Waals surface area contributed by atoms with Crippen molar-refractivity contribution in [2.75, 3.05) is 61.0 Å². The Morgan fingerprint density at radius 2 is 1.00 bits per heavy atom. The van der Waals surface area contributed by atoms with Gasteiger partial charge in [-0.25, -0.2) is 0 Å². The van der Waals surface area contributed by atoms with E-state index in [4.69, 9.17) is 33.2 Å². The Labute approximate surface area is 234 Å². The second kappa shape index (κ2) is 21.3. The van der Waals surface area contributed by atoms with E-state index in [1.807, 2.05) is 69.3 Å². The molecule has 0 aliphatic rings. The molecule has 0 unspecified atom stereocenters. The largest absolute Gasteiger partial charge is 0.501 e. The number of hydrogen-bond donors (Lipinski definition) is 0. The van der Waals surface area contributed by atoms with E-state index in [1.54, 1.807) is 46.0 Å². The van der Waals surface area contributed by atoms with Gasteiger partial charge >= 0.3 is 0 Å². The molecule has 39 heavy (non-hydrogen) atoms. The molecule has 0 amide bonds. The first-order chi connectivity index (χ1) is 18.9. The average molecular weight is 541 g/mol. The maximum absolute atomic E-state index is 5.55. The van der Waals surface area contributed by atoms with Crippen LogP contribution in [0.3, 0.4) is 0 Å². The van der Waals surface area contributed by atoms with Crippen molar-refractivity contribution in [2.24, 2.45) is 0 Å². The van der Waals surface area contributed by atoms with Crippen molar-refractivity contribution in [1.82, 2.24) is 0 Å². The zero-order chi connectivity index (χ0) is 28.7. The van der Waals surface area contributed by atoms with Gasteiger partial charge in [-0.05, 0) is 73.4 Å². The molecule has 2 aromatic carbocycles. The standard InChI is InChI=1S/C26H34O6.C6H10O/c1-21(23-5-9-25(27-3)10-6-23)19-31-17-15-29-13-14-30-16-18-32-20-22(2)24-7-11-26(28-4)12-8-24;1-4-5-6(2)7-3/h5-12,19-20H,13-18H2,1-4H3;4-5H,1H2,2-3H3/b21-19+,22-20+;6-5+. The van der Waals surface area contributed by atoms with Crippen molar-refractivity contribution in [2.45, 2.75) is 20.8 Å². The van der Waals surface area contributed by atoms with Gasteiger partial charge < -0.3 is 33.2 Å². The van der Waals surface area contributed by atoms with Crippen LogP contribution in [-0.4, -0.2) is 61.0 Å². The molecule has 0 bridgehead atoms. The van der Waals surface area contributed by atoms with Crippen LogP contribution in [0.2, 0.25) is 0 Å². The molecule has 0 atom stereocenters. The van der Waals surface area contributed by atoms with Crippen LogP contribution in [0, 0.1) is 0 Å². The summed E-state index contributed by atoms with van der Waals surface area (Å²) in [5.41, 5.74) is 4.28. The Morgan fingerprint density at radius 1 is 0.615 bits per heavy atom. The number of rotatable bonds is 17. The predicted octanol–water partition coefficient (Wildman–Crippen LogP) is 6.91. The number of hydrogen-bond acceptors (Lipinski definition) is 7. The Bertz CT molecular complexity index is 934. The van der Waals surface area contributed by atoms with Crippen LogP contribution >= 0.6 is 0 Å². The quantitative estimate of drug-likeness (QED) is 0.123. The van der Waals surface area contributed by atoms with Crippen LogP contribution in [0.1, 0.15) is 31.9 Å². The summed E-state index contributed by atoms with van der Waals surface area (Å²) in [4.78, 5) is 0. The first-order valence-electron chi connectivity index (χ1n) is 12.8. The molecular formula is C32H44O7. The summed E-state index contributed by atoms with van der Waals surface area (Å²) in [7, 11) is 4.95. The number of benzene rings is 2. The van der Waals surface area contributed by atoms with Gasteiger partial charge in [0.15, 0.2) is 0 Å². The third kappa shape index (κ3) is 15.4. The molecule has 0 heterocycles. The Kier molecular flexibility index (Phi) is 18.2. The van der Waals surface area contributed by atoms with E-state index >= 15 is 0 Å². The topological polar surface area (TPSA) is 64.6 Å².